The third-order valence-electron chi connectivity index (χ3n) is 1.33. The van der Waals surface area contributed by atoms with Crippen molar-refractivity contribution < 1.29 is 4.42 Å². The van der Waals surface area contributed by atoms with Gasteiger partial charge in [0, 0.05) is 0 Å². The van der Waals surface area contributed by atoms with Crippen molar-refractivity contribution in [2.24, 2.45) is 26.8 Å². The highest BCUT2D eigenvalue weighted by molar-refractivity contribution is 7.80. The predicted octanol–water partition coefficient (Wildman–Crippen LogP) is -0.232. The number of hydrazone groups is 1. The molecule has 0 bridgehead atoms. The molecule has 1 aromatic rings. The van der Waals surface area contributed by atoms with Crippen LogP contribution < -0.4 is 16.9 Å². The average Bonchev–Trinajstić information content (AvgIpc) is 2.66. The van der Waals surface area contributed by atoms with Crippen molar-refractivity contribution in [3.05, 3.63) is 23.7 Å². The first-order valence-electron chi connectivity index (χ1n) is 4.17. The van der Waals surface area contributed by atoms with Crippen molar-refractivity contribution in [1.29, 1.82) is 0 Å². The van der Waals surface area contributed by atoms with Gasteiger partial charge in [0.05, 0.1) is 12.4 Å². The molecule has 1 aromatic heterocycles. The Morgan fingerprint density at radius 1 is 1.31 bits per heavy atom. The first kappa shape index (κ1) is 11.9. The fourth-order valence-electron chi connectivity index (χ4n) is 0.795. The molecule has 0 fully saturated rings. The van der Waals surface area contributed by atoms with E-state index in [1.165, 1.54) is 12.4 Å². The van der Waals surface area contributed by atoms with E-state index in [-0.39, 0.29) is 5.11 Å². The lowest BCUT2D eigenvalue weighted by Crippen LogP contribution is -2.23. The summed E-state index contributed by atoms with van der Waals surface area (Å²) < 4.78 is 5.27. The first-order valence-corrected chi connectivity index (χ1v) is 4.58. The van der Waals surface area contributed by atoms with E-state index in [4.69, 9.17) is 15.9 Å². The van der Waals surface area contributed by atoms with Gasteiger partial charge in [0.15, 0.2) is 5.11 Å². The Hall–Kier alpha value is -2.22. The Labute approximate surface area is 96.9 Å². The lowest BCUT2D eigenvalue weighted by Gasteiger charge is -1.91. The standard InChI is InChI=1S/C8H10N6OS/c9-5-13-11-3-6-1-2-7(15-6)4-12-14-8(10)16/h1-5H,(H2,9,13)(H3,10,14,16)/b11-3+,12-4+. The molecular formula is C8H10N6OS. The van der Waals surface area contributed by atoms with Crippen molar-refractivity contribution in [2.45, 2.75) is 0 Å². The molecule has 16 heavy (non-hydrogen) atoms. The second-order valence-corrected chi connectivity index (χ2v) is 2.92. The van der Waals surface area contributed by atoms with Crippen molar-refractivity contribution in [1.82, 2.24) is 5.43 Å². The van der Waals surface area contributed by atoms with Gasteiger partial charge in [-0.15, -0.1) is 5.10 Å². The number of thiocarbonyl (C=S) groups is 1. The maximum atomic E-state index is 5.27. The zero-order valence-corrected chi connectivity index (χ0v) is 9.02. The zero-order valence-electron chi connectivity index (χ0n) is 8.20. The Morgan fingerprint density at radius 3 is 2.62 bits per heavy atom. The molecule has 0 saturated heterocycles. The molecule has 0 spiro atoms. The van der Waals surface area contributed by atoms with Gasteiger partial charge in [-0.3, -0.25) is 5.43 Å². The lowest BCUT2D eigenvalue weighted by molar-refractivity contribution is 0.553. The minimum atomic E-state index is 0.0851. The summed E-state index contributed by atoms with van der Waals surface area (Å²) in [5.74, 6) is 1.06. The number of nitrogens with zero attached hydrogens (tertiary/aromatic N) is 3. The fraction of sp³-hybridized carbons (Fsp3) is 0. The molecule has 0 unspecified atom stereocenters. The molecule has 0 saturated carbocycles. The van der Waals surface area contributed by atoms with Crippen molar-refractivity contribution >= 4 is 36.1 Å². The summed E-state index contributed by atoms with van der Waals surface area (Å²) in [4.78, 5) is 0. The molecular weight excluding hydrogens is 228 g/mol. The van der Waals surface area contributed by atoms with Crippen LogP contribution in [0, 0.1) is 0 Å². The molecule has 1 heterocycles. The minimum Gasteiger partial charge on any atom is -0.454 e. The van der Waals surface area contributed by atoms with E-state index < -0.39 is 0 Å². The summed E-state index contributed by atoms with van der Waals surface area (Å²) in [5, 5.41) is 10.9. The highest BCUT2D eigenvalue weighted by Crippen LogP contribution is 2.02. The Morgan fingerprint density at radius 2 is 2.00 bits per heavy atom. The number of nitrogens with two attached hydrogens (primary N) is 2. The van der Waals surface area contributed by atoms with Gasteiger partial charge in [0.2, 0.25) is 0 Å². The van der Waals surface area contributed by atoms with Gasteiger partial charge in [-0.05, 0) is 24.4 Å². The van der Waals surface area contributed by atoms with Crippen molar-refractivity contribution in [3.63, 3.8) is 0 Å². The third-order valence-corrected chi connectivity index (χ3v) is 1.42. The van der Waals surface area contributed by atoms with E-state index >= 15 is 0 Å². The minimum absolute atomic E-state index is 0.0851. The summed E-state index contributed by atoms with van der Waals surface area (Å²) in [6, 6.07) is 3.41. The van der Waals surface area contributed by atoms with Gasteiger partial charge < -0.3 is 15.9 Å². The lowest BCUT2D eigenvalue weighted by atomic mass is 10.4. The molecule has 0 aromatic carbocycles. The molecule has 0 amide bonds. The zero-order chi connectivity index (χ0) is 11.8. The van der Waals surface area contributed by atoms with Crippen molar-refractivity contribution in [2.75, 3.05) is 0 Å². The number of nitrogens with one attached hydrogen (secondary N) is 1. The topological polar surface area (TPSA) is 114 Å². The third kappa shape index (κ3) is 4.33. The molecule has 0 radical (unpaired) electrons. The summed E-state index contributed by atoms with van der Waals surface area (Å²) in [6.07, 6.45) is 3.93. The van der Waals surface area contributed by atoms with Gasteiger partial charge in [-0.25, -0.2) is 0 Å². The van der Waals surface area contributed by atoms with E-state index in [1.54, 1.807) is 12.1 Å². The highest BCUT2D eigenvalue weighted by Gasteiger charge is 1.96. The van der Waals surface area contributed by atoms with Gasteiger partial charge in [-0.2, -0.15) is 10.2 Å². The SMILES string of the molecule is N/C=N\N=C\c1ccc(/C=N/NC(N)=S)o1. The van der Waals surface area contributed by atoms with E-state index in [2.05, 4.69) is 32.9 Å². The highest BCUT2D eigenvalue weighted by atomic mass is 32.1. The van der Waals surface area contributed by atoms with Gasteiger partial charge in [0.1, 0.15) is 17.9 Å². The van der Waals surface area contributed by atoms with Crippen molar-refractivity contribution in [3.8, 4) is 0 Å². The van der Waals surface area contributed by atoms with Gasteiger partial charge in [0.25, 0.3) is 0 Å². The molecule has 8 heteroatoms. The summed E-state index contributed by atoms with van der Waals surface area (Å²) in [5.41, 5.74) is 12.6. The van der Waals surface area contributed by atoms with Crippen LogP contribution in [0.25, 0.3) is 0 Å². The van der Waals surface area contributed by atoms with E-state index in [1.807, 2.05) is 0 Å². The molecule has 0 aliphatic heterocycles. The number of hydrogen-bond donors (Lipinski definition) is 3. The second-order valence-electron chi connectivity index (χ2n) is 2.48. The van der Waals surface area contributed by atoms with Crippen LogP contribution in [0.4, 0.5) is 0 Å². The maximum absolute atomic E-state index is 5.27. The fourth-order valence-corrected chi connectivity index (χ4v) is 0.848. The van der Waals surface area contributed by atoms with E-state index in [0.29, 0.717) is 11.5 Å². The molecule has 0 aliphatic rings. The van der Waals surface area contributed by atoms with Crippen LogP contribution in [-0.4, -0.2) is 23.9 Å². The number of furan rings is 1. The quantitative estimate of drug-likeness (QED) is 0.290. The largest absolute Gasteiger partial charge is 0.454 e. The average molecular weight is 238 g/mol. The molecule has 7 nitrogen and oxygen atoms in total. The van der Waals surface area contributed by atoms with Crippen LogP contribution in [0.2, 0.25) is 0 Å². The van der Waals surface area contributed by atoms with E-state index in [9.17, 15) is 0 Å². The summed E-state index contributed by atoms with van der Waals surface area (Å²) in [7, 11) is 0. The number of hydrogen-bond acceptors (Lipinski definition) is 5. The Kier molecular flexibility index (Phi) is 4.67. The van der Waals surface area contributed by atoms with E-state index in [0.717, 1.165) is 6.34 Å². The molecule has 0 aliphatic carbocycles. The predicted molar refractivity (Wildman–Crippen MR) is 66.5 cm³/mol. The Bertz CT molecular complexity index is 435. The molecule has 84 valence electrons. The monoisotopic (exact) mass is 238 g/mol. The molecule has 0 atom stereocenters. The van der Waals surface area contributed by atoms with Crippen LogP contribution in [0.15, 0.2) is 31.9 Å². The van der Waals surface area contributed by atoms with Gasteiger partial charge in [-0.1, -0.05) is 0 Å². The normalized spacial score (nSPS) is 11.8. The van der Waals surface area contributed by atoms with Crippen LogP contribution in [0.3, 0.4) is 0 Å². The van der Waals surface area contributed by atoms with Crippen LogP contribution in [0.5, 0.6) is 0 Å². The van der Waals surface area contributed by atoms with Gasteiger partial charge >= 0.3 is 0 Å². The molecule has 5 N–H and O–H groups in total. The summed E-state index contributed by atoms with van der Waals surface area (Å²) in [6.45, 7) is 0. The van der Waals surface area contributed by atoms with Crippen LogP contribution >= 0.6 is 12.2 Å². The second kappa shape index (κ2) is 6.30. The molecule has 1 rings (SSSR count). The first-order chi connectivity index (χ1) is 7.72. The maximum Gasteiger partial charge on any atom is 0.184 e. The van der Waals surface area contributed by atoms with Crippen LogP contribution in [-0.2, 0) is 0 Å². The summed E-state index contributed by atoms with van der Waals surface area (Å²) >= 11 is 4.56. The smallest absolute Gasteiger partial charge is 0.184 e. The van der Waals surface area contributed by atoms with Crippen LogP contribution in [0.1, 0.15) is 11.5 Å². The Balaban J connectivity index is 2.57. The number of rotatable bonds is 4.